The lowest BCUT2D eigenvalue weighted by Gasteiger charge is -2.25. The first-order valence-corrected chi connectivity index (χ1v) is 10.2. The van der Waals surface area contributed by atoms with Crippen molar-refractivity contribution in [3.63, 3.8) is 0 Å². The van der Waals surface area contributed by atoms with Crippen LogP contribution in [0.5, 0.6) is 0 Å². The van der Waals surface area contributed by atoms with Crippen molar-refractivity contribution in [3.05, 3.63) is 45.2 Å². The van der Waals surface area contributed by atoms with Crippen LogP contribution in [0.15, 0.2) is 39.6 Å². The van der Waals surface area contributed by atoms with Gasteiger partial charge in [0.2, 0.25) is 5.91 Å². The minimum absolute atomic E-state index is 0.153. The van der Waals surface area contributed by atoms with Gasteiger partial charge in [0, 0.05) is 28.2 Å². The molecule has 1 N–H and O–H groups in total. The Kier molecular flexibility index (Phi) is 5.97. The van der Waals surface area contributed by atoms with E-state index in [0.29, 0.717) is 18.5 Å². The number of allylic oxidation sites excluding steroid dienone is 1. The van der Waals surface area contributed by atoms with E-state index in [4.69, 9.17) is 9.47 Å². The highest BCUT2D eigenvalue weighted by atomic mass is 127. The van der Waals surface area contributed by atoms with Crippen LogP contribution in [-0.4, -0.2) is 34.6 Å². The summed E-state index contributed by atoms with van der Waals surface area (Å²) in [5.41, 5.74) is 0.852. The summed E-state index contributed by atoms with van der Waals surface area (Å²) >= 11 is 2.12. The first-order valence-electron chi connectivity index (χ1n) is 9.07. The number of imide groups is 1. The molecule has 8 heteroatoms. The fourth-order valence-electron chi connectivity index (χ4n) is 3.26. The summed E-state index contributed by atoms with van der Waals surface area (Å²) in [7, 11) is 0. The van der Waals surface area contributed by atoms with Gasteiger partial charge in [0.1, 0.15) is 12.2 Å². The molecule has 1 saturated heterocycles. The van der Waals surface area contributed by atoms with Crippen LogP contribution in [0.2, 0.25) is 0 Å². The molecule has 0 aromatic heterocycles. The zero-order valence-electron chi connectivity index (χ0n) is 16.0. The molecule has 1 aromatic rings. The van der Waals surface area contributed by atoms with Crippen molar-refractivity contribution in [2.45, 2.75) is 51.9 Å². The summed E-state index contributed by atoms with van der Waals surface area (Å²) in [6, 6.07) is 8.94. The van der Waals surface area contributed by atoms with E-state index in [1.165, 1.54) is 0 Å². The maximum atomic E-state index is 12.8. The number of hydrogen-bond acceptors (Lipinski definition) is 5. The van der Waals surface area contributed by atoms with Crippen molar-refractivity contribution in [3.8, 4) is 0 Å². The monoisotopic (exact) mass is 498 g/mol. The van der Waals surface area contributed by atoms with E-state index < -0.39 is 29.7 Å². The zero-order chi connectivity index (χ0) is 20.5. The number of amides is 3. The van der Waals surface area contributed by atoms with Gasteiger partial charge in [-0.25, -0.2) is 14.5 Å². The predicted octanol–water partition coefficient (Wildman–Crippen LogP) is 4.12. The van der Waals surface area contributed by atoms with Crippen molar-refractivity contribution < 1.29 is 23.9 Å². The molecule has 2 atom stereocenters. The summed E-state index contributed by atoms with van der Waals surface area (Å²) in [6.45, 7) is 5.41. The lowest BCUT2D eigenvalue weighted by atomic mass is 9.90. The molecule has 1 heterocycles. The third kappa shape index (κ3) is 4.65. The van der Waals surface area contributed by atoms with Gasteiger partial charge in [0.05, 0.1) is 5.92 Å². The number of carbonyl (C=O) groups is 3. The summed E-state index contributed by atoms with van der Waals surface area (Å²) in [6.07, 6.45) is -0.368. The second-order valence-corrected chi connectivity index (χ2v) is 9.14. The number of alkyl carbamates (subject to hydrolysis) is 1. The SMILES string of the molecule is CC(C)(C)OC(=O)N1C(=O)[C@@H]2CC1=C(I)C[C@H]2NC(=O)OCc1ccccc1. The maximum Gasteiger partial charge on any atom is 0.421 e. The number of fused-ring (bicyclic) bond motifs is 2. The highest BCUT2D eigenvalue weighted by Crippen LogP contribution is 2.43. The molecule has 2 bridgehead atoms. The summed E-state index contributed by atoms with van der Waals surface area (Å²) < 4.78 is 11.5. The molecule has 0 unspecified atom stereocenters. The Morgan fingerprint density at radius 2 is 1.89 bits per heavy atom. The Morgan fingerprint density at radius 1 is 1.21 bits per heavy atom. The Bertz CT molecular complexity index is 816. The number of nitrogens with zero attached hydrogens (tertiary/aromatic N) is 1. The van der Waals surface area contributed by atoms with Gasteiger partial charge in [-0.2, -0.15) is 0 Å². The van der Waals surface area contributed by atoms with Crippen molar-refractivity contribution in [1.82, 2.24) is 10.2 Å². The van der Waals surface area contributed by atoms with Gasteiger partial charge in [0.15, 0.2) is 0 Å². The van der Waals surface area contributed by atoms with E-state index in [1.807, 2.05) is 30.3 Å². The molecule has 7 nitrogen and oxygen atoms in total. The van der Waals surface area contributed by atoms with E-state index in [1.54, 1.807) is 20.8 Å². The average Bonchev–Trinajstić information content (AvgIpc) is 2.92. The second-order valence-electron chi connectivity index (χ2n) is 7.83. The molecule has 1 aliphatic carbocycles. The van der Waals surface area contributed by atoms with Crippen molar-refractivity contribution in [2.24, 2.45) is 5.92 Å². The van der Waals surface area contributed by atoms with Crippen LogP contribution in [0.25, 0.3) is 0 Å². The number of ether oxygens (including phenoxy) is 2. The molecule has 0 spiro atoms. The van der Waals surface area contributed by atoms with Crippen molar-refractivity contribution in [2.75, 3.05) is 0 Å². The number of halogens is 1. The van der Waals surface area contributed by atoms with Gasteiger partial charge in [-0.15, -0.1) is 0 Å². The molecule has 1 aliphatic heterocycles. The lowest BCUT2D eigenvalue weighted by Crippen LogP contribution is -2.44. The molecule has 1 fully saturated rings. The number of rotatable bonds is 3. The van der Waals surface area contributed by atoms with Gasteiger partial charge in [-0.05, 0) is 48.9 Å². The van der Waals surface area contributed by atoms with Crippen LogP contribution in [0, 0.1) is 5.92 Å². The van der Waals surface area contributed by atoms with Crippen LogP contribution in [0.1, 0.15) is 39.2 Å². The van der Waals surface area contributed by atoms with Gasteiger partial charge >= 0.3 is 12.2 Å². The van der Waals surface area contributed by atoms with Gasteiger partial charge < -0.3 is 14.8 Å². The third-order valence-corrected chi connectivity index (χ3v) is 5.57. The van der Waals surface area contributed by atoms with Crippen LogP contribution < -0.4 is 5.32 Å². The van der Waals surface area contributed by atoms with Gasteiger partial charge in [-0.1, -0.05) is 30.3 Å². The fraction of sp³-hybridized carbons (Fsp3) is 0.450. The smallest absolute Gasteiger partial charge is 0.421 e. The highest BCUT2D eigenvalue weighted by molar-refractivity contribution is 14.1. The Hall–Kier alpha value is -2.10. The van der Waals surface area contributed by atoms with E-state index in [-0.39, 0.29) is 12.5 Å². The molecule has 28 heavy (non-hydrogen) atoms. The molecular formula is C20H23IN2O5. The number of hydrogen-bond donors (Lipinski definition) is 1. The van der Waals surface area contributed by atoms with E-state index in [9.17, 15) is 14.4 Å². The Balaban J connectivity index is 1.64. The van der Waals surface area contributed by atoms with Crippen LogP contribution >= 0.6 is 22.6 Å². The summed E-state index contributed by atoms with van der Waals surface area (Å²) in [4.78, 5) is 38.6. The van der Waals surface area contributed by atoms with Crippen LogP contribution in [0.4, 0.5) is 9.59 Å². The number of benzene rings is 1. The average molecular weight is 498 g/mol. The predicted molar refractivity (Wildman–Crippen MR) is 110 cm³/mol. The molecule has 3 rings (SSSR count). The number of nitrogens with one attached hydrogen (secondary N) is 1. The first kappa shape index (κ1) is 20.6. The maximum absolute atomic E-state index is 12.8. The number of carbonyl (C=O) groups excluding carboxylic acids is 3. The second kappa shape index (κ2) is 8.10. The normalized spacial score (nSPS) is 21.6. The minimum atomic E-state index is -0.695. The minimum Gasteiger partial charge on any atom is -0.445 e. The van der Waals surface area contributed by atoms with Gasteiger partial charge in [0.25, 0.3) is 0 Å². The van der Waals surface area contributed by atoms with E-state index in [2.05, 4.69) is 27.9 Å². The molecule has 0 radical (unpaired) electrons. The molecular weight excluding hydrogens is 475 g/mol. The first-order chi connectivity index (χ1) is 13.2. The standard InChI is InChI=1S/C20H23IN2O5/c1-20(2,3)28-19(26)23-16-9-13(17(23)24)15(10-14(16)21)22-18(25)27-11-12-7-5-4-6-8-12/h4-8,13,15H,9-11H2,1-3H3,(H,22,25)/t13-,15-/m1/s1. The molecule has 150 valence electrons. The lowest BCUT2D eigenvalue weighted by molar-refractivity contribution is -0.129. The van der Waals surface area contributed by atoms with Crippen molar-refractivity contribution >= 4 is 40.7 Å². The Morgan fingerprint density at radius 3 is 2.54 bits per heavy atom. The van der Waals surface area contributed by atoms with E-state index >= 15 is 0 Å². The molecule has 3 amide bonds. The molecule has 1 aromatic carbocycles. The largest absolute Gasteiger partial charge is 0.445 e. The highest BCUT2D eigenvalue weighted by Gasteiger charge is 2.49. The summed E-state index contributed by atoms with van der Waals surface area (Å²) in [5, 5.41) is 2.79. The topological polar surface area (TPSA) is 84.9 Å². The van der Waals surface area contributed by atoms with E-state index in [0.717, 1.165) is 14.0 Å². The number of likely N-dealkylation sites (tertiary alicyclic amines) is 1. The Labute approximate surface area is 177 Å². The zero-order valence-corrected chi connectivity index (χ0v) is 18.2. The third-order valence-electron chi connectivity index (χ3n) is 4.51. The van der Waals surface area contributed by atoms with Crippen LogP contribution in [-0.2, 0) is 20.9 Å². The fourth-order valence-corrected chi connectivity index (χ4v) is 4.20. The molecule has 2 aliphatic rings. The summed E-state index contributed by atoms with van der Waals surface area (Å²) in [5.74, 6) is -0.838. The van der Waals surface area contributed by atoms with Gasteiger partial charge in [-0.3, -0.25) is 4.79 Å². The van der Waals surface area contributed by atoms with Crippen LogP contribution in [0.3, 0.4) is 0 Å². The van der Waals surface area contributed by atoms with Crippen molar-refractivity contribution in [1.29, 1.82) is 0 Å². The molecule has 0 saturated carbocycles. The quantitative estimate of drug-likeness (QED) is 0.635.